The normalized spacial score (nSPS) is 9.74. The molecule has 2 aromatic heterocycles. The van der Waals surface area contributed by atoms with E-state index in [2.05, 4.69) is 15.3 Å². The monoisotopic (exact) mass is 256 g/mol. The summed E-state index contributed by atoms with van der Waals surface area (Å²) in [6.07, 6.45) is 1.000. The van der Waals surface area contributed by atoms with Crippen LogP contribution in [0.15, 0.2) is 30.5 Å². The number of nitriles is 1. The zero-order valence-electron chi connectivity index (χ0n) is 10.0. The lowest BCUT2D eigenvalue weighted by Gasteiger charge is -2.04. The number of nitrogens with one attached hydrogen (secondary N) is 1. The molecule has 2 rings (SSSR count). The lowest BCUT2D eigenvalue weighted by atomic mass is 10.2. The Morgan fingerprint density at radius 2 is 2.21 bits per heavy atom. The summed E-state index contributed by atoms with van der Waals surface area (Å²) in [6.45, 7) is 1.69. The van der Waals surface area contributed by atoms with E-state index in [1.54, 1.807) is 13.0 Å². The minimum Gasteiger partial charge on any atom is -0.305 e. The smallest absolute Gasteiger partial charge is 0.275 e. The Hall–Kier alpha value is -2.81. The zero-order valence-corrected chi connectivity index (χ0v) is 10.0. The average molecular weight is 256 g/mol. The molecule has 0 spiro atoms. The van der Waals surface area contributed by atoms with Crippen molar-refractivity contribution >= 4 is 11.7 Å². The molecule has 0 aliphatic rings. The highest BCUT2D eigenvalue weighted by molar-refractivity contribution is 6.02. The predicted octanol–water partition coefficient (Wildman–Crippen LogP) is 2.05. The minimum absolute atomic E-state index is 0.114. The maximum absolute atomic E-state index is 12.7. The summed E-state index contributed by atoms with van der Waals surface area (Å²) >= 11 is 0. The fourth-order valence-electron chi connectivity index (χ4n) is 1.48. The van der Waals surface area contributed by atoms with Crippen molar-refractivity contribution in [3.8, 4) is 6.07 Å². The summed E-state index contributed by atoms with van der Waals surface area (Å²) in [5.74, 6) is -0.772. The molecule has 0 saturated carbocycles. The van der Waals surface area contributed by atoms with Crippen molar-refractivity contribution in [2.45, 2.75) is 6.92 Å². The molecule has 19 heavy (non-hydrogen) atoms. The van der Waals surface area contributed by atoms with Gasteiger partial charge in [0.2, 0.25) is 0 Å². The maximum Gasteiger partial charge on any atom is 0.275 e. The van der Waals surface area contributed by atoms with Crippen molar-refractivity contribution in [1.29, 1.82) is 5.26 Å². The molecular weight excluding hydrogens is 247 g/mol. The van der Waals surface area contributed by atoms with Crippen LogP contribution >= 0.6 is 0 Å². The number of aryl methyl sites for hydroxylation is 1. The quantitative estimate of drug-likeness (QED) is 0.891. The molecule has 0 aliphatic carbocycles. The molecule has 0 radical (unpaired) electrons. The second-order valence-electron chi connectivity index (χ2n) is 3.81. The van der Waals surface area contributed by atoms with E-state index in [0.717, 1.165) is 6.20 Å². The Morgan fingerprint density at radius 1 is 1.42 bits per heavy atom. The van der Waals surface area contributed by atoms with E-state index >= 15 is 0 Å². The number of carbonyl (C=O) groups excluding carboxylic acids is 1. The van der Waals surface area contributed by atoms with Crippen molar-refractivity contribution < 1.29 is 9.18 Å². The van der Waals surface area contributed by atoms with Crippen LogP contribution in [-0.4, -0.2) is 15.9 Å². The number of nitrogens with zero attached hydrogens (tertiary/aromatic N) is 3. The van der Waals surface area contributed by atoms with Gasteiger partial charge in [-0.2, -0.15) is 5.26 Å². The van der Waals surface area contributed by atoms with Gasteiger partial charge in [-0.3, -0.25) is 4.79 Å². The number of halogens is 1. The van der Waals surface area contributed by atoms with Crippen molar-refractivity contribution in [1.82, 2.24) is 9.97 Å². The van der Waals surface area contributed by atoms with E-state index in [1.165, 1.54) is 18.2 Å². The summed E-state index contributed by atoms with van der Waals surface area (Å²) in [7, 11) is 0. The van der Waals surface area contributed by atoms with Gasteiger partial charge in [0.05, 0.1) is 17.8 Å². The van der Waals surface area contributed by atoms with Crippen molar-refractivity contribution in [2.75, 3.05) is 5.32 Å². The maximum atomic E-state index is 12.7. The molecule has 0 atom stereocenters. The van der Waals surface area contributed by atoms with Crippen LogP contribution in [0.5, 0.6) is 0 Å². The fraction of sp³-hybridized carbons (Fsp3) is 0.0769. The van der Waals surface area contributed by atoms with Gasteiger partial charge in [-0.25, -0.2) is 14.4 Å². The van der Waals surface area contributed by atoms with Crippen molar-refractivity contribution in [3.63, 3.8) is 0 Å². The number of amides is 1. The number of anilines is 1. The Labute approximate surface area is 108 Å². The van der Waals surface area contributed by atoms with Crippen LogP contribution in [0.25, 0.3) is 0 Å². The first-order chi connectivity index (χ1) is 9.08. The van der Waals surface area contributed by atoms with Crippen LogP contribution in [0.1, 0.15) is 21.7 Å². The molecule has 0 unspecified atom stereocenters. The number of carbonyl (C=O) groups is 1. The number of pyridine rings is 2. The van der Waals surface area contributed by atoms with Gasteiger partial charge in [-0.1, -0.05) is 0 Å². The fourth-order valence-corrected chi connectivity index (χ4v) is 1.48. The van der Waals surface area contributed by atoms with Gasteiger partial charge in [-0.05, 0) is 31.2 Å². The Bertz CT molecular complexity index is 661. The first-order valence-corrected chi connectivity index (χ1v) is 5.40. The summed E-state index contributed by atoms with van der Waals surface area (Å²) in [4.78, 5) is 19.6. The second kappa shape index (κ2) is 5.23. The topological polar surface area (TPSA) is 78.7 Å². The number of hydrogen-bond acceptors (Lipinski definition) is 4. The highest BCUT2D eigenvalue weighted by atomic mass is 19.1. The van der Waals surface area contributed by atoms with Crippen LogP contribution in [-0.2, 0) is 0 Å². The molecule has 0 aliphatic heterocycles. The Balaban J connectivity index is 2.23. The van der Waals surface area contributed by atoms with E-state index in [9.17, 15) is 9.18 Å². The van der Waals surface area contributed by atoms with Gasteiger partial charge in [0, 0.05) is 5.69 Å². The van der Waals surface area contributed by atoms with E-state index in [4.69, 9.17) is 5.26 Å². The molecule has 0 aromatic carbocycles. The number of aromatic nitrogens is 2. The molecular formula is C13H9FN4O. The third-order valence-corrected chi connectivity index (χ3v) is 2.28. The first-order valence-electron chi connectivity index (χ1n) is 5.40. The summed E-state index contributed by atoms with van der Waals surface area (Å²) < 4.78 is 12.7. The van der Waals surface area contributed by atoms with Crippen LogP contribution in [0.4, 0.5) is 10.2 Å². The molecule has 2 aromatic rings. The van der Waals surface area contributed by atoms with E-state index in [1.807, 2.05) is 6.07 Å². The number of hydrogen-bond donors (Lipinski definition) is 1. The zero-order chi connectivity index (χ0) is 13.8. The first kappa shape index (κ1) is 12.6. The number of rotatable bonds is 2. The molecule has 0 fully saturated rings. The van der Waals surface area contributed by atoms with Crippen molar-refractivity contribution in [3.05, 3.63) is 53.2 Å². The van der Waals surface area contributed by atoms with Crippen LogP contribution < -0.4 is 5.32 Å². The van der Waals surface area contributed by atoms with Crippen molar-refractivity contribution in [2.24, 2.45) is 0 Å². The highest BCUT2D eigenvalue weighted by Gasteiger charge is 2.10. The molecule has 0 saturated heterocycles. The van der Waals surface area contributed by atoms with Gasteiger partial charge < -0.3 is 5.32 Å². The largest absolute Gasteiger partial charge is 0.305 e. The SMILES string of the molecule is Cc1cc(C#N)cc(C(=O)Nc2ccc(F)cn2)n1. The lowest BCUT2D eigenvalue weighted by molar-refractivity contribution is 0.102. The van der Waals surface area contributed by atoms with Crippen LogP contribution in [0, 0.1) is 24.1 Å². The van der Waals surface area contributed by atoms with Gasteiger partial charge in [-0.15, -0.1) is 0 Å². The van der Waals surface area contributed by atoms with E-state index in [-0.39, 0.29) is 11.5 Å². The highest BCUT2D eigenvalue weighted by Crippen LogP contribution is 2.08. The van der Waals surface area contributed by atoms with Gasteiger partial charge in [0.25, 0.3) is 5.91 Å². The lowest BCUT2D eigenvalue weighted by Crippen LogP contribution is -2.15. The summed E-state index contributed by atoms with van der Waals surface area (Å²) in [6, 6.07) is 7.44. The molecule has 5 nitrogen and oxygen atoms in total. The molecule has 1 N–H and O–H groups in total. The van der Waals surface area contributed by atoms with Crippen LogP contribution in [0.3, 0.4) is 0 Å². The summed E-state index contributed by atoms with van der Waals surface area (Å²) in [5.41, 5.74) is 1.03. The third-order valence-electron chi connectivity index (χ3n) is 2.28. The second-order valence-corrected chi connectivity index (χ2v) is 3.81. The third kappa shape index (κ3) is 3.10. The van der Waals surface area contributed by atoms with Gasteiger partial charge in [0.1, 0.15) is 17.3 Å². The molecule has 1 amide bonds. The summed E-state index contributed by atoms with van der Waals surface area (Å²) in [5, 5.41) is 11.3. The van der Waals surface area contributed by atoms with Crippen LogP contribution in [0.2, 0.25) is 0 Å². The minimum atomic E-state index is -0.501. The average Bonchev–Trinajstić information content (AvgIpc) is 2.40. The molecule has 0 bridgehead atoms. The predicted molar refractivity (Wildman–Crippen MR) is 65.8 cm³/mol. The standard InChI is InChI=1S/C13H9FN4O/c1-8-4-9(6-15)5-11(17-8)13(19)18-12-3-2-10(14)7-16-12/h2-5,7H,1H3,(H,16,18,19). The Kier molecular flexibility index (Phi) is 3.48. The molecule has 6 heteroatoms. The van der Waals surface area contributed by atoms with Gasteiger partial charge >= 0.3 is 0 Å². The van der Waals surface area contributed by atoms with E-state index < -0.39 is 11.7 Å². The molecule has 94 valence electrons. The van der Waals surface area contributed by atoms with E-state index in [0.29, 0.717) is 11.3 Å². The Morgan fingerprint density at radius 3 is 2.84 bits per heavy atom. The molecule has 2 heterocycles. The van der Waals surface area contributed by atoms with Gasteiger partial charge in [0.15, 0.2) is 0 Å².